The van der Waals surface area contributed by atoms with E-state index in [9.17, 15) is 0 Å². The molecule has 3 aromatic heterocycles. The van der Waals surface area contributed by atoms with Crippen molar-refractivity contribution in [3.8, 4) is 0 Å². The Bertz CT molecular complexity index is 1550. The second-order valence-electron chi connectivity index (χ2n) is 9.63. The zero-order chi connectivity index (χ0) is 24.8. The summed E-state index contributed by atoms with van der Waals surface area (Å²) in [6.07, 6.45) is 2.82. The molecule has 0 spiro atoms. The molecule has 0 fully saturated rings. The number of aryl methyl sites for hydroxylation is 5. The quantitative estimate of drug-likeness (QED) is 0.375. The fourth-order valence-corrected chi connectivity index (χ4v) is 5.48. The largest absolute Gasteiger partial charge is 0.330 e. The Morgan fingerprint density at radius 3 is 2.58 bits per heavy atom. The zero-order valence-corrected chi connectivity index (χ0v) is 21.2. The summed E-state index contributed by atoms with van der Waals surface area (Å²) in [7, 11) is 0. The first-order chi connectivity index (χ1) is 17.5. The molecule has 0 saturated heterocycles. The second-order valence-corrected chi connectivity index (χ2v) is 9.63. The number of imidazole rings is 1. The molecule has 1 N–H and O–H groups in total. The van der Waals surface area contributed by atoms with E-state index in [1.807, 2.05) is 0 Å². The van der Waals surface area contributed by atoms with Crippen LogP contribution in [0.4, 0.5) is 11.4 Å². The molecule has 0 aliphatic carbocycles. The lowest BCUT2D eigenvalue weighted by Crippen LogP contribution is -2.23. The van der Waals surface area contributed by atoms with Crippen LogP contribution >= 0.6 is 0 Å². The number of rotatable bonds is 5. The summed E-state index contributed by atoms with van der Waals surface area (Å²) in [5.41, 5.74) is 10.5. The topological polar surface area (TPSA) is 88.4 Å². The molecule has 36 heavy (non-hydrogen) atoms. The van der Waals surface area contributed by atoms with Crippen LogP contribution in [-0.2, 0) is 25.8 Å². The number of nitrogens with one attached hydrogen (secondary N) is 1. The molecule has 4 heterocycles. The van der Waals surface area contributed by atoms with Gasteiger partial charge in [-0.2, -0.15) is 5.21 Å². The summed E-state index contributed by atoms with van der Waals surface area (Å²) in [4.78, 5) is 12.1. The van der Waals surface area contributed by atoms with Gasteiger partial charge in [-0.15, -0.1) is 10.2 Å². The molecule has 6 rings (SSSR count). The van der Waals surface area contributed by atoms with Crippen LogP contribution in [0.25, 0.3) is 11.2 Å². The minimum absolute atomic E-state index is 0.0629. The van der Waals surface area contributed by atoms with Crippen molar-refractivity contribution in [2.75, 3.05) is 4.90 Å². The van der Waals surface area contributed by atoms with Gasteiger partial charge in [-0.25, -0.2) is 9.97 Å². The summed E-state index contributed by atoms with van der Waals surface area (Å²) in [6.45, 7) is 9.20. The predicted octanol–water partition coefficient (Wildman–Crippen LogP) is 5.17. The van der Waals surface area contributed by atoms with E-state index < -0.39 is 0 Å². The van der Waals surface area contributed by atoms with Crippen LogP contribution in [0.3, 0.4) is 0 Å². The third-order valence-corrected chi connectivity index (χ3v) is 7.20. The highest BCUT2D eigenvalue weighted by Gasteiger charge is 2.28. The van der Waals surface area contributed by atoms with Crippen molar-refractivity contribution >= 4 is 22.5 Å². The number of benzene rings is 2. The smallest absolute Gasteiger partial charge is 0.196 e. The molecule has 1 atom stereocenters. The molecule has 5 aromatic rings. The van der Waals surface area contributed by atoms with Crippen molar-refractivity contribution in [1.29, 1.82) is 0 Å². The molecule has 182 valence electrons. The van der Waals surface area contributed by atoms with E-state index in [4.69, 9.17) is 9.97 Å². The van der Waals surface area contributed by atoms with Gasteiger partial charge in [0.15, 0.2) is 11.5 Å². The molecule has 0 bridgehead atoms. The Labute approximate surface area is 210 Å². The number of H-pyrrole nitrogens is 1. The molecule has 1 unspecified atom stereocenters. The van der Waals surface area contributed by atoms with E-state index in [0.717, 1.165) is 48.5 Å². The Kier molecular flexibility index (Phi) is 5.51. The van der Waals surface area contributed by atoms with Crippen LogP contribution in [0.15, 0.2) is 48.5 Å². The maximum absolute atomic E-state index is 4.93. The van der Waals surface area contributed by atoms with E-state index in [0.29, 0.717) is 5.82 Å². The molecule has 2 aromatic carbocycles. The lowest BCUT2D eigenvalue weighted by molar-refractivity contribution is 0.710. The number of para-hydroxylation sites is 1. The number of hydrogen-bond donors (Lipinski definition) is 1. The summed E-state index contributed by atoms with van der Waals surface area (Å²) >= 11 is 0. The standard InChI is InChI=1S/C28H30N8/c1-5-25-30-26-17(2)14-18(3)29-28(26)35(25)16-20-10-13-24-22(15-20)12-11-21-8-6-7-9-23(21)36(24)19(4)27-31-33-34-32-27/h6-10,13-15,19H,5,11-12,16H2,1-4H3,(H,31,32,33,34). The molecule has 8 nitrogen and oxygen atoms in total. The summed E-state index contributed by atoms with van der Waals surface area (Å²) in [5.74, 6) is 1.75. The van der Waals surface area contributed by atoms with Gasteiger partial charge in [0.2, 0.25) is 0 Å². The first kappa shape index (κ1) is 22.4. The minimum atomic E-state index is -0.0629. The van der Waals surface area contributed by atoms with E-state index in [1.54, 1.807) is 0 Å². The summed E-state index contributed by atoms with van der Waals surface area (Å²) in [5, 5.41) is 15.0. The van der Waals surface area contributed by atoms with Crippen LogP contribution in [0, 0.1) is 13.8 Å². The van der Waals surface area contributed by atoms with Gasteiger partial charge in [0, 0.05) is 23.5 Å². The van der Waals surface area contributed by atoms with Crippen LogP contribution in [0.2, 0.25) is 0 Å². The fourth-order valence-electron chi connectivity index (χ4n) is 5.48. The second kappa shape index (κ2) is 8.86. The molecule has 8 heteroatoms. The van der Waals surface area contributed by atoms with Crippen molar-refractivity contribution < 1.29 is 0 Å². The first-order valence-electron chi connectivity index (χ1n) is 12.6. The summed E-state index contributed by atoms with van der Waals surface area (Å²) in [6, 6.07) is 17.5. The minimum Gasteiger partial charge on any atom is -0.330 e. The number of aromatic amines is 1. The predicted molar refractivity (Wildman–Crippen MR) is 141 cm³/mol. The van der Waals surface area contributed by atoms with Gasteiger partial charge in [-0.1, -0.05) is 42.5 Å². The third kappa shape index (κ3) is 3.73. The van der Waals surface area contributed by atoms with Gasteiger partial charge < -0.3 is 9.47 Å². The van der Waals surface area contributed by atoms with Gasteiger partial charge >= 0.3 is 0 Å². The highest BCUT2D eigenvalue weighted by molar-refractivity contribution is 5.76. The molecule has 0 saturated carbocycles. The Morgan fingerprint density at radius 1 is 0.972 bits per heavy atom. The van der Waals surface area contributed by atoms with Gasteiger partial charge in [0.1, 0.15) is 11.3 Å². The van der Waals surface area contributed by atoms with Crippen molar-refractivity contribution in [2.24, 2.45) is 0 Å². The fraction of sp³-hybridized carbons (Fsp3) is 0.321. The number of hydrogen-bond acceptors (Lipinski definition) is 6. The monoisotopic (exact) mass is 478 g/mol. The third-order valence-electron chi connectivity index (χ3n) is 7.20. The number of aromatic nitrogens is 7. The lowest BCUT2D eigenvalue weighted by atomic mass is 10.0. The molecular weight excluding hydrogens is 448 g/mol. The number of pyridine rings is 1. The van der Waals surface area contributed by atoms with Gasteiger partial charge in [0.25, 0.3) is 0 Å². The maximum Gasteiger partial charge on any atom is 0.196 e. The van der Waals surface area contributed by atoms with Crippen LogP contribution in [-0.4, -0.2) is 35.2 Å². The van der Waals surface area contributed by atoms with E-state index in [2.05, 4.69) is 106 Å². The molecule has 1 aliphatic heterocycles. The van der Waals surface area contributed by atoms with Crippen LogP contribution in [0.5, 0.6) is 0 Å². The average Bonchev–Trinajstić information content (AvgIpc) is 3.50. The number of nitrogens with zero attached hydrogens (tertiary/aromatic N) is 7. The SMILES string of the molecule is CCc1nc2c(C)cc(C)nc2n1Cc1ccc2c(c1)CCc1ccccc1N2C(C)c1nn[nH]n1. The lowest BCUT2D eigenvalue weighted by Gasteiger charge is -2.31. The van der Waals surface area contributed by atoms with Crippen molar-refractivity contribution in [3.05, 3.63) is 88.1 Å². The van der Waals surface area contributed by atoms with Crippen molar-refractivity contribution in [1.82, 2.24) is 35.2 Å². The van der Waals surface area contributed by atoms with Gasteiger partial charge in [-0.3, -0.25) is 0 Å². The number of tetrazole rings is 1. The Hall–Kier alpha value is -4.07. The normalized spacial score (nSPS) is 13.9. The molecule has 0 amide bonds. The van der Waals surface area contributed by atoms with Crippen molar-refractivity contribution in [3.63, 3.8) is 0 Å². The Morgan fingerprint density at radius 2 is 1.78 bits per heavy atom. The van der Waals surface area contributed by atoms with E-state index in [1.165, 1.54) is 33.6 Å². The summed E-state index contributed by atoms with van der Waals surface area (Å²) < 4.78 is 2.28. The highest BCUT2D eigenvalue weighted by Crippen LogP contribution is 2.41. The molecule has 0 radical (unpaired) electrons. The zero-order valence-electron chi connectivity index (χ0n) is 21.2. The van der Waals surface area contributed by atoms with Crippen molar-refractivity contribution in [2.45, 2.75) is 59.5 Å². The Balaban J connectivity index is 1.43. The van der Waals surface area contributed by atoms with E-state index in [-0.39, 0.29) is 6.04 Å². The van der Waals surface area contributed by atoms with Gasteiger partial charge in [0.05, 0.1) is 12.6 Å². The maximum atomic E-state index is 4.93. The first-order valence-corrected chi connectivity index (χ1v) is 12.6. The van der Waals surface area contributed by atoms with Crippen LogP contribution < -0.4 is 4.90 Å². The van der Waals surface area contributed by atoms with E-state index >= 15 is 0 Å². The van der Waals surface area contributed by atoms with Gasteiger partial charge in [-0.05, 0) is 74.1 Å². The number of anilines is 2. The molecular formula is C28H30N8. The molecule has 1 aliphatic rings. The average molecular weight is 479 g/mol. The number of fused-ring (bicyclic) bond motifs is 3. The van der Waals surface area contributed by atoms with Crippen LogP contribution in [0.1, 0.15) is 59.5 Å². The highest BCUT2D eigenvalue weighted by atomic mass is 15.5.